The summed E-state index contributed by atoms with van der Waals surface area (Å²) in [6, 6.07) is 6.88. The van der Waals surface area contributed by atoms with Crippen molar-refractivity contribution >= 4 is 11.0 Å². The van der Waals surface area contributed by atoms with E-state index in [2.05, 4.69) is 13.8 Å². The number of hydrogen-bond acceptors (Lipinski definition) is 10. The van der Waals surface area contributed by atoms with Crippen molar-refractivity contribution in [1.82, 2.24) is 0 Å². The van der Waals surface area contributed by atoms with Crippen molar-refractivity contribution in [1.29, 1.82) is 0 Å². The lowest BCUT2D eigenvalue weighted by Crippen LogP contribution is -3.15. The Bertz CT molecular complexity index is 1610. The zero-order valence-electron chi connectivity index (χ0n) is 26.9. The topological polar surface area (TPSA) is 185 Å². The van der Waals surface area contributed by atoms with Gasteiger partial charge in [-0.3, -0.25) is 4.79 Å². The molecule has 47 heavy (non-hydrogen) atoms. The maximum absolute atomic E-state index is 14.1. The Morgan fingerprint density at radius 1 is 0.851 bits per heavy atom. The molecule has 256 valence electrons. The fourth-order valence-electron chi connectivity index (χ4n) is 7.45. The average molecular weight is 655 g/mol. The van der Waals surface area contributed by atoms with Crippen LogP contribution in [0.2, 0.25) is 0 Å². The first-order chi connectivity index (χ1) is 22.6. The number of nitrogens with one attached hydrogen (secondary N) is 2. The van der Waals surface area contributed by atoms with Crippen LogP contribution in [0.5, 0.6) is 17.2 Å². The van der Waals surface area contributed by atoms with Crippen LogP contribution in [0.25, 0.3) is 22.1 Å². The molecule has 0 amide bonds. The molecule has 3 saturated heterocycles. The van der Waals surface area contributed by atoms with Crippen molar-refractivity contribution in [2.45, 2.75) is 108 Å². The summed E-state index contributed by atoms with van der Waals surface area (Å²) in [6.07, 6.45) is 0.562. The molecule has 3 aliphatic rings. The van der Waals surface area contributed by atoms with Gasteiger partial charge in [-0.05, 0) is 75.6 Å². The normalized spacial score (nSPS) is 31.6. The van der Waals surface area contributed by atoms with Crippen LogP contribution < -0.4 is 30.2 Å². The van der Waals surface area contributed by atoms with Gasteiger partial charge in [0.15, 0.2) is 5.43 Å². The van der Waals surface area contributed by atoms with Crippen LogP contribution in [0.4, 0.5) is 0 Å². The first-order valence-corrected chi connectivity index (χ1v) is 16.8. The van der Waals surface area contributed by atoms with Gasteiger partial charge in [0.25, 0.3) is 0 Å². The summed E-state index contributed by atoms with van der Waals surface area (Å²) in [5.41, 5.74) is 0.724. The van der Waals surface area contributed by atoms with Crippen molar-refractivity contribution in [2.24, 2.45) is 0 Å². The number of likely N-dealkylation sites (tertiary alicyclic amines) is 2. The molecule has 0 radical (unpaired) electrons. The van der Waals surface area contributed by atoms with Gasteiger partial charge in [0.05, 0.1) is 42.7 Å². The van der Waals surface area contributed by atoms with Crippen molar-refractivity contribution in [3.63, 3.8) is 0 Å². The molecule has 0 spiro atoms. The van der Waals surface area contributed by atoms with Crippen LogP contribution in [0.15, 0.2) is 39.7 Å². The molecule has 9 atom stereocenters. The minimum absolute atomic E-state index is 0.0760. The van der Waals surface area contributed by atoms with Crippen LogP contribution in [0.3, 0.4) is 0 Å². The largest absolute Gasteiger partial charge is 0.872 e. The third kappa shape index (κ3) is 6.60. The van der Waals surface area contributed by atoms with Gasteiger partial charge in [-0.2, -0.15) is 0 Å². The van der Waals surface area contributed by atoms with Gasteiger partial charge >= 0.3 is 0 Å². The van der Waals surface area contributed by atoms with E-state index in [0.29, 0.717) is 29.8 Å². The molecule has 12 nitrogen and oxygen atoms in total. The number of hydrogen-bond donors (Lipinski definition) is 6. The summed E-state index contributed by atoms with van der Waals surface area (Å²) in [4.78, 5) is 16.6. The molecule has 3 aliphatic heterocycles. The number of rotatable bonds is 8. The molecule has 0 saturated carbocycles. The van der Waals surface area contributed by atoms with E-state index in [4.69, 9.17) is 13.9 Å². The Morgan fingerprint density at radius 2 is 1.47 bits per heavy atom. The van der Waals surface area contributed by atoms with E-state index >= 15 is 0 Å². The standard InChI is InChI=1S/C35H46N2O10/c1-19-7-3-5-13-36(19)15-23-28(39)24(16-37-14-6-4-8-20(37)2)34-27(29(23)40)30(41)25(18-45-34)21-9-11-22(12-10-21)46-35-33(44)32(43)31(42)26(17-38)47-35/h9-12,18-20,26,31-33,35,38-40,42-44H,3-8,13-17H2,1-2H3. The first kappa shape index (κ1) is 33.7. The molecule has 6 rings (SSSR count). The number of ether oxygens (including phenoxy) is 2. The number of quaternary nitrogens is 2. The number of fused-ring (bicyclic) bond motifs is 1. The fourth-order valence-corrected chi connectivity index (χ4v) is 7.45. The van der Waals surface area contributed by atoms with E-state index in [1.807, 2.05) is 0 Å². The van der Waals surface area contributed by atoms with Crippen LogP contribution >= 0.6 is 0 Å². The van der Waals surface area contributed by atoms with Gasteiger partial charge in [0.1, 0.15) is 55.1 Å². The second-order valence-corrected chi connectivity index (χ2v) is 13.6. The summed E-state index contributed by atoms with van der Waals surface area (Å²) in [5, 5.41) is 67.9. The number of piperidine rings is 2. The van der Waals surface area contributed by atoms with E-state index in [1.165, 1.54) is 28.2 Å². The molecular formula is C35H46N2O10. The molecular weight excluding hydrogens is 608 g/mol. The van der Waals surface area contributed by atoms with Crippen molar-refractivity contribution in [3.05, 3.63) is 51.9 Å². The molecule has 3 fully saturated rings. The van der Waals surface area contributed by atoms with Crippen LogP contribution in [-0.2, 0) is 17.8 Å². The fraction of sp³-hybridized carbons (Fsp3) is 0.571. The molecule has 12 heteroatoms. The molecule has 6 N–H and O–H groups in total. The van der Waals surface area contributed by atoms with E-state index in [1.54, 1.807) is 12.1 Å². The highest BCUT2D eigenvalue weighted by molar-refractivity contribution is 5.92. The zero-order valence-corrected chi connectivity index (χ0v) is 26.9. The van der Waals surface area contributed by atoms with Crippen molar-refractivity contribution in [3.8, 4) is 28.4 Å². The van der Waals surface area contributed by atoms with E-state index in [9.17, 15) is 35.4 Å². The summed E-state index contributed by atoms with van der Waals surface area (Å²) in [5.74, 6) is -0.631. The number of aliphatic hydroxyl groups is 4. The third-order valence-electron chi connectivity index (χ3n) is 10.6. The minimum Gasteiger partial charge on any atom is -0.872 e. The Balaban J connectivity index is 1.36. The smallest absolute Gasteiger partial charge is 0.229 e. The van der Waals surface area contributed by atoms with Gasteiger partial charge in [0, 0.05) is 5.56 Å². The Hall–Kier alpha value is -3.23. The SMILES string of the molecule is CC1CCCC[NH+]1Cc1c([O-])c(C[NH+]2CCCCC2C)c2occ(-c3ccc(OC4OC(CO)C(O)C(O)C4O)cc3)c(=O)c2c1[O-]. The van der Waals surface area contributed by atoms with Crippen LogP contribution in [0, 0.1) is 0 Å². The van der Waals surface area contributed by atoms with E-state index < -0.39 is 48.5 Å². The molecule has 0 bridgehead atoms. The highest BCUT2D eigenvalue weighted by atomic mass is 16.7. The van der Waals surface area contributed by atoms with E-state index in [-0.39, 0.29) is 40.1 Å². The molecule has 9 unspecified atom stereocenters. The van der Waals surface area contributed by atoms with Crippen molar-refractivity contribution < 1.29 is 54.3 Å². The average Bonchev–Trinajstić information content (AvgIpc) is 3.07. The molecule has 2 aromatic carbocycles. The molecule has 3 aromatic rings. The van der Waals surface area contributed by atoms with Crippen molar-refractivity contribution in [2.75, 3.05) is 19.7 Å². The summed E-state index contributed by atoms with van der Waals surface area (Å²) < 4.78 is 17.2. The molecule has 4 heterocycles. The quantitative estimate of drug-likeness (QED) is 0.171. The predicted octanol–water partition coefficient (Wildman–Crippen LogP) is -1.30. The Morgan fingerprint density at radius 3 is 2.06 bits per heavy atom. The lowest BCUT2D eigenvalue weighted by atomic mass is 9.96. The van der Waals surface area contributed by atoms with Gasteiger partial charge in [-0.25, -0.2) is 0 Å². The highest BCUT2D eigenvalue weighted by Gasteiger charge is 2.44. The maximum Gasteiger partial charge on any atom is 0.229 e. The predicted molar refractivity (Wildman–Crippen MR) is 167 cm³/mol. The maximum atomic E-state index is 14.1. The van der Waals surface area contributed by atoms with Crippen LogP contribution in [0.1, 0.15) is 63.5 Å². The summed E-state index contributed by atoms with van der Waals surface area (Å²) in [7, 11) is 0. The monoisotopic (exact) mass is 654 g/mol. The van der Waals surface area contributed by atoms with Gasteiger partial charge in [0.2, 0.25) is 6.29 Å². The number of benzene rings is 2. The second kappa shape index (κ2) is 14.1. The zero-order chi connectivity index (χ0) is 33.4. The Kier molecular flexibility index (Phi) is 10.1. The first-order valence-electron chi connectivity index (χ1n) is 16.8. The number of aliphatic hydroxyl groups excluding tert-OH is 4. The van der Waals surface area contributed by atoms with Gasteiger partial charge in [-0.15, -0.1) is 0 Å². The Labute approximate surface area is 273 Å². The summed E-state index contributed by atoms with van der Waals surface area (Å²) >= 11 is 0. The minimum atomic E-state index is -1.59. The van der Waals surface area contributed by atoms with Crippen LogP contribution in [-0.4, -0.2) is 82.9 Å². The van der Waals surface area contributed by atoms with E-state index in [0.717, 1.165) is 51.6 Å². The molecule has 0 aliphatic carbocycles. The summed E-state index contributed by atoms with van der Waals surface area (Å²) in [6.45, 7) is 6.17. The van der Waals surface area contributed by atoms with Gasteiger partial charge in [-0.1, -0.05) is 23.6 Å². The van der Waals surface area contributed by atoms with Gasteiger partial charge < -0.3 is 54.3 Å². The molecule has 1 aromatic heterocycles. The third-order valence-corrected chi connectivity index (χ3v) is 10.6. The highest BCUT2D eigenvalue weighted by Crippen LogP contribution is 2.36. The lowest BCUT2D eigenvalue weighted by molar-refractivity contribution is -0.942. The lowest BCUT2D eigenvalue weighted by Gasteiger charge is -2.39. The second-order valence-electron chi connectivity index (χ2n) is 13.6.